The molecule has 0 radical (unpaired) electrons. The van der Waals surface area contributed by atoms with Crippen LogP contribution in [0.15, 0.2) is 29.6 Å². The third-order valence-corrected chi connectivity index (χ3v) is 5.53. The van der Waals surface area contributed by atoms with Gasteiger partial charge in [0.25, 0.3) is 5.91 Å². The predicted octanol–water partition coefficient (Wildman–Crippen LogP) is 2.48. The first kappa shape index (κ1) is 17.8. The Morgan fingerprint density at radius 2 is 1.96 bits per heavy atom. The maximum atomic E-state index is 12.4. The first-order valence-electron chi connectivity index (χ1n) is 7.87. The number of nitrogens with one attached hydrogen (secondary N) is 1. The molecule has 6 nitrogen and oxygen atoms in total. The fraction of sp³-hybridized carbons (Fsp3) is 0.353. The van der Waals surface area contributed by atoms with Crippen molar-refractivity contribution >= 4 is 34.8 Å². The molecule has 0 bridgehead atoms. The van der Waals surface area contributed by atoms with Crippen molar-refractivity contribution in [3.8, 4) is 10.6 Å². The highest BCUT2D eigenvalue weighted by Gasteiger charge is 2.38. The molecule has 0 aliphatic carbocycles. The van der Waals surface area contributed by atoms with E-state index in [4.69, 9.17) is 22.1 Å². The summed E-state index contributed by atoms with van der Waals surface area (Å²) < 4.78 is 5.29. The predicted molar refractivity (Wildman–Crippen MR) is 96.6 cm³/mol. The summed E-state index contributed by atoms with van der Waals surface area (Å²) in [4.78, 5) is 28.6. The van der Waals surface area contributed by atoms with Gasteiger partial charge in [0.1, 0.15) is 10.7 Å². The summed E-state index contributed by atoms with van der Waals surface area (Å²) in [6.07, 6.45) is 1.02. The average molecular weight is 380 g/mol. The smallest absolute Gasteiger partial charge is 0.270 e. The number of carbonyl (C=O) groups excluding carboxylic acids is 2. The lowest BCUT2D eigenvalue weighted by molar-refractivity contribution is -0.132. The summed E-state index contributed by atoms with van der Waals surface area (Å²) in [5, 5.41) is 5.87. The van der Waals surface area contributed by atoms with Gasteiger partial charge in [-0.3, -0.25) is 9.59 Å². The van der Waals surface area contributed by atoms with Crippen LogP contribution in [0.3, 0.4) is 0 Å². The standard InChI is InChI=1S/C17H18ClN3O3S/c18-12-3-1-11(2-4-12)15-21-13(9-25-15)14(22)20-10-17(16(19)23)5-7-24-8-6-17/h1-4,9H,5-8,10H2,(H2,19,23)(H,20,22). The Morgan fingerprint density at radius 3 is 2.60 bits per heavy atom. The number of primary amides is 1. The van der Waals surface area contributed by atoms with Crippen molar-refractivity contribution in [2.45, 2.75) is 12.8 Å². The van der Waals surface area contributed by atoms with Crippen molar-refractivity contribution in [3.05, 3.63) is 40.4 Å². The molecule has 132 valence electrons. The largest absolute Gasteiger partial charge is 0.381 e. The van der Waals surface area contributed by atoms with Crippen LogP contribution >= 0.6 is 22.9 Å². The number of ether oxygens (including phenoxy) is 1. The number of carbonyl (C=O) groups is 2. The highest BCUT2D eigenvalue weighted by atomic mass is 35.5. The second-order valence-electron chi connectivity index (χ2n) is 5.98. The zero-order valence-corrected chi connectivity index (χ0v) is 15.0. The number of nitrogens with zero attached hydrogens (tertiary/aromatic N) is 1. The molecule has 0 atom stereocenters. The normalized spacial score (nSPS) is 16.4. The molecule has 2 heterocycles. The van der Waals surface area contributed by atoms with Crippen LogP contribution in [0.2, 0.25) is 5.02 Å². The van der Waals surface area contributed by atoms with E-state index in [-0.39, 0.29) is 12.5 Å². The number of rotatable bonds is 5. The van der Waals surface area contributed by atoms with Crippen LogP contribution < -0.4 is 11.1 Å². The highest BCUT2D eigenvalue weighted by Crippen LogP contribution is 2.30. The molecular weight excluding hydrogens is 362 g/mol. The minimum absolute atomic E-state index is 0.193. The van der Waals surface area contributed by atoms with Crippen LogP contribution in [-0.2, 0) is 9.53 Å². The summed E-state index contributed by atoms with van der Waals surface area (Å²) in [6.45, 7) is 1.13. The molecule has 0 spiro atoms. The van der Waals surface area contributed by atoms with Gasteiger partial charge < -0.3 is 15.8 Å². The highest BCUT2D eigenvalue weighted by molar-refractivity contribution is 7.13. The topological polar surface area (TPSA) is 94.3 Å². The van der Waals surface area contributed by atoms with E-state index in [1.54, 1.807) is 17.5 Å². The van der Waals surface area contributed by atoms with Crippen molar-refractivity contribution in [2.24, 2.45) is 11.1 Å². The molecule has 2 aromatic rings. The number of benzene rings is 1. The minimum atomic E-state index is -0.747. The Kier molecular flexibility index (Phi) is 5.36. The van der Waals surface area contributed by atoms with Gasteiger partial charge in [0.2, 0.25) is 5.91 Å². The van der Waals surface area contributed by atoms with E-state index >= 15 is 0 Å². The molecule has 1 fully saturated rings. The number of nitrogens with two attached hydrogens (primary N) is 1. The van der Waals surface area contributed by atoms with Gasteiger partial charge in [-0.15, -0.1) is 11.3 Å². The second kappa shape index (κ2) is 7.51. The van der Waals surface area contributed by atoms with Gasteiger partial charge in [-0.05, 0) is 25.0 Å². The van der Waals surface area contributed by atoms with Gasteiger partial charge in [0.05, 0.1) is 5.41 Å². The molecule has 8 heteroatoms. The van der Waals surface area contributed by atoms with Gasteiger partial charge in [-0.1, -0.05) is 23.7 Å². The molecule has 2 amide bonds. The van der Waals surface area contributed by atoms with Crippen molar-refractivity contribution in [2.75, 3.05) is 19.8 Å². The maximum absolute atomic E-state index is 12.4. The Morgan fingerprint density at radius 1 is 1.28 bits per heavy atom. The van der Waals surface area contributed by atoms with Crippen molar-refractivity contribution in [1.29, 1.82) is 0 Å². The summed E-state index contributed by atoms with van der Waals surface area (Å²) in [5.74, 6) is -0.722. The van der Waals surface area contributed by atoms with E-state index in [1.807, 2.05) is 12.1 Å². The van der Waals surface area contributed by atoms with E-state index in [0.29, 0.717) is 36.8 Å². The van der Waals surface area contributed by atoms with Crippen LogP contribution in [0.4, 0.5) is 0 Å². The second-order valence-corrected chi connectivity index (χ2v) is 7.28. The van der Waals surface area contributed by atoms with Gasteiger partial charge in [-0.25, -0.2) is 4.98 Å². The molecule has 1 saturated heterocycles. The number of halogens is 1. The molecule has 1 aromatic heterocycles. The molecule has 3 N–H and O–H groups in total. The van der Waals surface area contributed by atoms with Gasteiger partial charge in [-0.2, -0.15) is 0 Å². The summed E-state index contributed by atoms with van der Waals surface area (Å²) in [5.41, 5.74) is 6.02. The maximum Gasteiger partial charge on any atom is 0.270 e. The zero-order chi connectivity index (χ0) is 17.9. The Labute approximate surface area is 154 Å². The molecule has 1 aromatic carbocycles. The van der Waals surface area contributed by atoms with Gasteiger partial charge >= 0.3 is 0 Å². The summed E-state index contributed by atoms with van der Waals surface area (Å²) >= 11 is 7.26. The van der Waals surface area contributed by atoms with Gasteiger partial charge in [0.15, 0.2) is 0 Å². The first-order chi connectivity index (χ1) is 12.0. The van der Waals surface area contributed by atoms with Crippen molar-refractivity contribution in [1.82, 2.24) is 10.3 Å². The lowest BCUT2D eigenvalue weighted by Crippen LogP contribution is -2.49. The van der Waals surface area contributed by atoms with Gasteiger partial charge in [0, 0.05) is 35.7 Å². The monoisotopic (exact) mass is 379 g/mol. The molecule has 25 heavy (non-hydrogen) atoms. The zero-order valence-electron chi connectivity index (χ0n) is 13.5. The minimum Gasteiger partial charge on any atom is -0.381 e. The number of aromatic nitrogens is 1. The van der Waals surface area contributed by atoms with E-state index in [0.717, 1.165) is 10.6 Å². The lowest BCUT2D eigenvalue weighted by atomic mass is 9.79. The molecule has 0 unspecified atom stereocenters. The van der Waals surface area contributed by atoms with Crippen LogP contribution in [0.1, 0.15) is 23.3 Å². The fourth-order valence-corrected chi connectivity index (χ4v) is 3.65. The van der Waals surface area contributed by atoms with Crippen LogP contribution in [-0.4, -0.2) is 36.6 Å². The Hall–Kier alpha value is -1.96. The van der Waals surface area contributed by atoms with E-state index in [9.17, 15) is 9.59 Å². The quantitative estimate of drug-likeness (QED) is 0.834. The van der Waals surface area contributed by atoms with Crippen LogP contribution in [0.5, 0.6) is 0 Å². The molecule has 3 rings (SSSR count). The number of hydrogen-bond acceptors (Lipinski definition) is 5. The Bertz CT molecular complexity index is 770. The fourth-order valence-electron chi connectivity index (χ4n) is 2.72. The molecule has 1 aliphatic heterocycles. The van der Waals surface area contributed by atoms with Crippen molar-refractivity contribution < 1.29 is 14.3 Å². The third kappa shape index (κ3) is 4.00. The molecule has 0 saturated carbocycles. The van der Waals surface area contributed by atoms with Crippen molar-refractivity contribution in [3.63, 3.8) is 0 Å². The molecule has 1 aliphatic rings. The molecular formula is C17H18ClN3O3S. The van der Waals surface area contributed by atoms with E-state index in [2.05, 4.69) is 10.3 Å². The number of amides is 2. The van der Waals surface area contributed by atoms with E-state index in [1.165, 1.54) is 11.3 Å². The third-order valence-electron chi connectivity index (χ3n) is 4.39. The van der Waals surface area contributed by atoms with E-state index < -0.39 is 11.3 Å². The SMILES string of the molecule is NC(=O)C1(CNC(=O)c2csc(-c3ccc(Cl)cc3)n2)CCOCC1. The Balaban J connectivity index is 1.67. The van der Waals surface area contributed by atoms with Crippen LogP contribution in [0, 0.1) is 5.41 Å². The number of hydrogen-bond donors (Lipinski definition) is 2. The summed E-state index contributed by atoms with van der Waals surface area (Å²) in [6, 6.07) is 7.26. The number of thiazole rings is 1. The first-order valence-corrected chi connectivity index (χ1v) is 9.13. The summed E-state index contributed by atoms with van der Waals surface area (Å²) in [7, 11) is 0. The average Bonchev–Trinajstić information content (AvgIpc) is 3.11. The van der Waals surface area contributed by atoms with Crippen LogP contribution in [0.25, 0.3) is 10.6 Å². The lowest BCUT2D eigenvalue weighted by Gasteiger charge is -2.34.